The Labute approximate surface area is 155 Å². The van der Waals surface area contributed by atoms with Gasteiger partial charge in [-0.1, -0.05) is 24.3 Å². The van der Waals surface area contributed by atoms with E-state index in [-0.39, 0.29) is 12.5 Å². The molecule has 0 aromatic heterocycles. The first-order valence-electron chi connectivity index (χ1n) is 9.03. The van der Waals surface area contributed by atoms with E-state index in [1.54, 1.807) is 4.90 Å². The number of amides is 1. The SMILES string of the molecule is CS(=O)(=O)N(CCN1CCOCC1)CC(=O)N1CCc2ccccc2C1. The monoisotopic (exact) mass is 381 g/mol. The smallest absolute Gasteiger partial charge is 0.238 e. The van der Waals surface area contributed by atoms with Gasteiger partial charge in [-0.3, -0.25) is 9.69 Å². The third kappa shape index (κ3) is 5.03. The number of carbonyl (C=O) groups excluding carboxylic acids is 1. The molecule has 7 nitrogen and oxygen atoms in total. The Balaban J connectivity index is 1.59. The van der Waals surface area contributed by atoms with Crippen molar-refractivity contribution >= 4 is 15.9 Å². The second kappa shape index (κ2) is 8.47. The quantitative estimate of drug-likeness (QED) is 0.702. The van der Waals surface area contributed by atoms with E-state index in [2.05, 4.69) is 11.0 Å². The van der Waals surface area contributed by atoms with Gasteiger partial charge in [0, 0.05) is 39.3 Å². The molecule has 0 atom stereocenters. The molecule has 1 fully saturated rings. The molecule has 2 aliphatic rings. The molecular formula is C18H27N3O4S. The van der Waals surface area contributed by atoms with Crippen LogP contribution in [0.3, 0.4) is 0 Å². The Bertz CT molecular complexity index is 732. The molecule has 8 heteroatoms. The number of ether oxygens (including phenoxy) is 1. The molecule has 2 heterocycles. The predicted molar refractivity (Wildman–Crippen MR) is 99.2 cm³/mol. The van der Waals surface area contributed by atoms with Crippen molar-refractivity contribution in [3.05, 3.63) is 35.4 Å². The molecule has 1 saturated heterocycles. The molecular weight excluding hydrogens is 354 g/mol. The number of benzene rings is 1. The zero-order valence-corrected chi connectivity index (χ0v) is 16.1. The molecule has 2 aliphatic heterocycles. The lowest BCUT2D eigenvalue weighted by Gasteiger charge is -2.32. The summed E-state index contributed by atoms with van der Waals surface area (Å²) < 4.78 is 30.9. The van der Waals surface area contributed by atoms with Crippen LogP contribution in [-0.4, -0.2) is 87.2 Å². The highest BCUT2D eigenvalue weighted by molar-refractivity contribution is 7.88. The lowest BCUT2D eigenvalue weighted by Crippen LogP contribution is -2.47. The maximum Gasteiger partial charge on any atom is 0.238 e. The zero-order chi connectivity index (χ0) is 18.6. The first-order valence-corrected chi connectivity index (χ1v) is 10.9. The van der Waals surface area contributed by atoms with Crippen LogP contribution in [0.1, 0.15) is 11.1 Å². The Kier molecular flexibility index (Phi) is 6.29. The minimum absolute atomic E-state index is 0.0919. The van der Waals surface area contributed by atoms with E-state index < -0.39 is 10.0 Å². The molecule has 0 aliphatic carbocycles. The van der Waals surface area contributed by atoms with Gasteiger partial charge in [0.2, 0.25) is 15.9 Å². The average molecular weight is 381 g/mol. The maximum absolute atomic E-state index is 12.7. The minimum atomic E-state index is -3.43. The third-order valence-electron chi connectivity index (χ3n) is 5.03. The predicted octanol–water partition coefficient (Wildman–Crippen LogP) is 0.165. The van der Waals surface area contributed by atoms with E-state index in [0.717, 1.165) is 25.1 Å². The largest absolute Gasteiger partial charge is 0.379 e. The number of rotatable bonds is 6. The lowest BCUT2D eigenvalue weighted by molar-refractivity contribution is -0.132. The maximum atomic E-state index is 12.7. The minimum Gasteiger partial charge on any atom is -0.379 e. The standard InChI is InChI=1S/C18H27N3O4S/c1-26(23,24)21(9-8-19-10-12-25-13-11-19)15-18(22)20-7-6-16-4-2-3-5-17(16)14-20/h2-5H,6-15H2,1H3. The number of nitrogens with zero attached hydrogens (tertiary/aromatic N) is 3. The van der Waals surface area contributed by atoms with Crippen LogP contribution in [0, 0.1) is 0 Å². The highest BCUT2D eigenvalue weighted by atomic mass is 32.2. The van der Waals surface area contributed by atoms with Crippen LogP contribution in [0.4, 0.5) is 0 Å². The van der Waals surface area contributed by atoms with Crippen LogP contribution in [0.2, 0.25) is 0 Å². The normalized spacial score (nSPS) is 18.8. The van der Waals surface area contributed by atoms with Crippen molar-refractivity contribution in [3.63, 3.8) is 0 Å². The van der Waals surface area contributed by atoms with Crippen molar-refractivity contribution in [2.75, 3.05) is 58.7 Å². The van der Waals surface area contributed by atoms with Gasteiger partial charge in [0.25, 0.3) is 0 Å². The fourth-order valence-electron chi connectivity index (χ4n) is 3.40. The van der Waals surface area contributed by atoms with Crippen molar-refractivity contribution in [2.45, 2.75) is 13.0 Å². The van der Waals surface area contributed by atoms with Gasteiger partial charge in [-0.2, -0.15) is 4.31 Å². The van der Waals surface area contributed by atoms with Crippen molar-refractivity contribution in [3.8, 4) is 0 Å². The van der Waals surface area contributed by atoms with Gasteiger partial charge >= 0.3 is 0 Å². The molecule has 1 aromatic carbocycles. The first-order chi connectivity index (χ1) is 12.4. The van der Waals surface area contributed by atoms with Gasteiger partial charge in [0.1, 0.15) is 0 Å². The third-order valence-corrected chi connectivity index (χ3v) is 6.28. The van der Waals surface area contributed by atoms with Crippen LogP contribution >= 0.6 is 0 Å². The summed E-state index contributed by atoms with van der Waals surface area (Å²) in [5, 5.41) is 0. The van der Waals surface area contributed by atoms with E-state index in [4.69, 9.17) is 4.74 Å². The van der Waals surface area contributed by atoms with Gasteiger partial charge < -0.3 is 9.64 Å². The molecule has 0 radical (unpaired) electrons. The average Bonchev–Trinajstić information content (AvgIpc) is 2.64. The highest BCUT2D eigenvalue weighted by Gasteiger charge is 2.26. The fraction of sp³-hybridized carbons (Fsp3) is 0.611. The molecule has 26 heavy (non-hydrogen) atoms. The summed E-state index contributed by atoms with van der Waals surface area (Å²) in [7, 11) is -3.43. The van der Waals surface area contributed by atoms with Crippen LogP contribution in [0.5, 0.6) is 0 Å². The summed E-state index contributed by atoms with van der Waals surface area (Å²) in [6.45, 7) is 4.98. The van der Waals surface area contributed by atoms with Crippen molar-refractivity contribution in [1.29, 1.82) is 0 Å². The van der Waals surface area contributed by atoms with Crippen LogP contribution < -0.4 is 0 Å². The molecule has 144 valence electrons. The highest BCUT2D eigenvalue weighted by Crippen LogP contribution is 2.18. The van der Waals surface area contributed by atoms with Crippen LogP contribution in [0.15, 0.2) is 24.3 Å². The van der Waals surface area contributed by atoms with E-state index in [0.29, 0.717) is 39.4 Å². The first kappa shape index (κ1) is 19.3. The number of morpholine rings is 1. The Morgan fingerprint density at radius 1 is 1.15 bits per heavy atom. The van der Waals surface area contributed by atoms with Gasteiger partial charge in [0.15, 0.2) is 0 Å². The van der Waals surface area contributed by atoms with Crippen molar-refractivity contribution in [2.24, 2.45) is 0 Å². The van der Waals surface area contributed by atoms with Crippen LogP contribution in [0.25, 0.3) is 0 Å². The van der Waals surface area contributed by atoms with E-state index in [1.165, 1.54) is 16.1 Å². The molecule has 0 unspecified atom stereocenters. The molecule has 0 saturated carbocycles. The molecule has 1 amide bonds. The molecule has 3 rings (SSSR count). The Morgan fingerprint density at radius 2 is 1.85 bits per heavy atom. The van der Waals surface area contributed by atoms with Crippen LogP contribution in [-0.2, 0) is 32.5 Å². The lowest BCUT2D eigenvalue weighted by atomic mass is 10.00. The number of hydrogen-bond donors (Lipinski definition) is 0. The van der Waals surface area contributed by atoms with Gasteiger partial charge in [0.05, 0.1) is 26.0 Å². The summed E-state index contributed by atoms with van der Waals surface area (Å²) in [5.41, 5.74) is 2.41. The van der Waals surface area contributed by atoms with E-state index >= 15 is 0 Å². The molecule has 0 N–H and O–H groups in total. The molecule has 0 bridgehead atoms. The second-order valence-electron chi connectivity index (χ2n) is 6.88. The van der Waals surface area contributed by atoms with E-state index in [9.17, 15) is 13.2 Å². The zero-order valence-electron chi connectivity index (χ0n) is 15.3. The number of sulfonamides is 1. The summed E-state index contributed by atoms with van der Waals surface area (Å²) >= 11 is 0. The second-order valence-corrected chi connectivity index (χ2v) is 8.87. The summed E-state index contributed by atoms with van der Waals surface area (Å²) in [6.07, 6.45) is 1.99. The topological polar surface area (TPSA) is 70.2 Å². The van der Waals surface area contributed by atoms with Gasteiger partial charge in [-0.15, -0.1) is 0 Å². The summed E-state index contributed by atoms with van der Waals surface area (Å²) in [6, 6.07) is 8.09. The molecule has 0 spiro atoms. The number of fused-ring (bicyclic) bond motifs is 1. The number of hydrogen-bond acceptors (Lipinski definition) is 5. The Morgan fingerprint density at radius 3 is 2.54 bits per heavy atom. The van der Waals surface area contributed by atoms with Gasteiger partial charge in [-0.25, -0.2) is 8.42 Å². The van der Waals surface area contributed by atoms with Crippen molar-refractivity contribution < 1.29 is 17.9 Å². The summed E-state index contributed by atoms with van der Waals surface area (Å²) in [4.78, 5) is 16.6. The Hall–Kier alpha value is -1.48. The van der Waals surface area contributed by atoms with Crippen molar-refractivity contribution in [1.82, 2.24) is 14.1 Å². The van der Waals surface area contributed by atoms with E-state index in [1.807, 2.05) is 18.2 Å². The fourth-order valence-corrected chi connectivity index (χ4v) is 4.16. The summed E-state index contributed by atoms with van der Waals surface area (Å²) in [5.74, 6) is -0.132. The number of carbonyl (C=O) groups is 1. The van der Waals surface area contributed by atoms with Gasteiger partial charge in [-0.05, 0) is 17.5 Å². The molecule has 1 aromatic rings.